The second-order valence-electron chi connectivity index (χ2n) is 17.4. The molecule has 0 fully saturated rings. The summed E-state index contributed by atoms with van der Waals surface area (Å²) in [5, 5.41) is 9.88. The molecule has 0 bridgehead atoms. The van der Waals surface area contributed by atoms with Crippen molar-refractivity contribution in [2.45, 2.75) is 19.6 Å². The molecule has 12 rings (SSSR count). The second kappa shape index (κ2) is 26.0. The van der Waals surface area contributed by atoms with Gasteiger partial charge in [-0.3, -0.25) is 29.6 Å². The first kappa shape index (κ1) is 59.1. The van der Waals surface area contributed by atoms with Gasteiger partial charge in [-0.1, -0.05) is 41.6 Å². The van der Waals surface area contributed by atoms with Crippen molar-refractivity contribution in [2.75, 3.05) is 11.9 Å². The summed E-state index contributed by atoms with van der Waals surface area (Å²) in [6.45, 7) is -5.42. The molecule has 0 spiro atoms. The Morgan fingerprint density at radius 1 is 0.659 bits per heavy atom. The number of halogens is 11. The second-order valence-corrected chi connectivity index (χ2v) is 17.4. The molecule has 82 heavy (non-hydrogen) atoms. The third kappa shape index (κ3) is 12.0. The van der Waals surface area contributed by atoms with Gasteiger partial charge in [-0.25, -0.2) is 26.3 Å². The molecule has 417 valence electrons. The number of aromatic nitrogens is 9. The standard InChI is InChI=1S/C36H22BF10N8O.2C10H8N2.ClH.Ru/c38-27-25(23(19-6-1-10-48-19)20-7-2-11-49-20)28(39)32(43)35(31(27)42)50-12-5-13-53-16-18(51-52-53)17-56-36-33(44)29(40)26(30(41)34(36)45)24-21-8-3-14-54(21)37(46,47)55-15-4-9-22(24)55;2*1-3-7-11-9(5-1)10-6-2-4-8-12-10;;/h1-4,6-11,14-16,50H,5,12-13,17H2;2*1-8H;1H;/q-1;;;;+1. The van der Waals surface area contributed by atoms with Crippen molar-refractivity contribution in [1.82, 2.24) is 44.4 Å². The summed E-state index contributed by atoms with van der Waals surface area (Å²) in [6, 6.07) is 28.4. The number of pyridine rings is 4. The maximum atomic E-state index is 15.6. The van der Waals surface area contributed by atoms with Crippen molar-refractivity contribution < 1.29 is 72.5 Å². The number of aliphatic imine (C=N–C) groups is 1. The summed E-state index contributed by atoms with van der Waals surface area (Å²) in [5.41, 5.74) is -1.05. The van der Waals surface area contributed by atoms with Crippen LogP contribution >= 0.6 is 12.4 Å². The number of nitrogens with zero attached hydrogens (tertiary/aromatic N) is 11. The number of hydrogen-bond acceptors (Lipinski definition) is 9. The molecule has 3 aliphatic heterocycles. The zero-order valence-corrected chi connectivity index (χ0v) is 44.6. The Balaban J connectivity index is 0.000000276. The molecule has 0 unspecified atom stereocenters. The van der Waals surface area contributed by atoms with E-state index in [1.165, 1.54) is 59.7 Å². The van der Waals surface area contributed by atoms with E-state index in [0.29, 0.717) is 8.96 Å². The van der Waals surface area contributed by atoms with Crippen LogP contribution in [0.15, 0.2) is 181 Å². The molecule has 1 radical (unpaired) electrons. The van der Waals surface area contributed by atoms with E-state index in [-0.39, 0.29) is 85.4 Å². The van der Waals surface area contributed by atoms with Crippen molar-refractivity contribution >= 4 is 48.6 Å². The number of anilines is 1. The molecule has 0 aliphatic carbocycles. The van der Waals surface area contributed by atoms with Crippen LogP contribution in [0.2, 0.25) is 0 Å². The molecule has 10 heterocycles. The van der Waals surface area contributed by atoms with Gasteiger partial charge < -0.3 is 32.6 Å². The topological polar surface area (TPSA) is 138 Å². The number of aryl methyl sites for hydroxylation is 1. The predicted octanol–water partition coefficient (Wildman–Crippen LogP) is 12.0. The summed E-state index contributed by atoms with van der Waals surface area (Å²) < 4.78 is 160. The van der Waals surface area contributed by atoms with Gasteiger partial charge in [0, 0.05) is 61.9 Å². The zero-order valence-electron chi connectivity index (χ0n) is 42.0. The van der Waals surface area contributed by atoms with Crippen LogP contribution in [-0.2, 0) is 32.6 Å². The molecule has 0 atom stereocenters. The zero-order chi connectivity index (χ0) is 55.9. The van der Waals surface area contributed by atoms with Gasteiger partial charge in [0.1, 0.15) is 24.2 Å². The van der Waals surface area contributed by atoms with E-state index in [1.807, 2.05) is 72.8 Å². The van der Waals surface area contributed by atoms with Gasteiger partial charge in [-0.15, -0.1) is 23.2 Å². The first-order chi connectivity index (χ1) is 38.8. The van der Waals surface area contributed by atoms with Gasteiger partial charge in [-0.2, -0.15) is 15.0 Å². The van der Waals surface area contributed by atoms with Crippen LogP contribution in [0.4, 0.5) is 49.4 Å². The predicted molar refractivity (Wildman–Crippen MR) is 285 cm³/mol. The molecule has 3 aliphatic rings. The summed E-state index contributed by atoms with van der Waals surface area (Å²) in [7, 11) is 0. The van der Waals surface area contributed by atoms with Gasteiger partial charge in [0.15, 0.2) is 46.3 Å². The summed E-state index contributed by atoms with van der Waals surface area (Å²) in [5.74, 6) is -15.8. The van der Waals surface area contributed by atoms with Crippen LogP contribution in [0.3, 0.4) is 0 Å². The molecule has 26 heteroatoms. The first-order valence-corrected chi connectivity index (χ1v) is 24.2. The SMILES string of the molecule is Cl.Fc1c(F)c(C(=C2C=CC=N2)c2ccc[n-]2)c(F)c(F)c1NCCCn1cc(COc2c(F)c(F)c(C3=C4C=CC=[N+]4[B-](F)(F)n4cccc43)c(F)c2F)nn1.[Ru+].c1ccc(-c2ccccn2)nc1.c1ccc(-c2ccccn2)nc1. The van der Waals surface area contributed by atoms with Crippen LogP contribution in [0, 0.1) is 46.5 Å². The third-order valence-electron chi connectivity index (χ3n) is 12.3. The molecule has 0 saturated heterocycles. The van der Waals surface area contributed by atoms with Crippen LogP contribution in [0.5, 0.6) is 5.75 Å². The smallest absolute Gasteiger partial charge is 0.664 e. The number of ether oxygens (including phenoxy) is 1. The number of nitrogens with one attached hydrogen (secondary N) is 1. The van der Waals surface area contributed by atoms with Crippen molar-refractivity contribution in [1.29, 1.82) is 0 Å². The Morgan fingerprint density at radius 2 is 1.24 bits per heavy atom. The van der Waals surface area contributed by atoms with Crippen molar-refractivity contribution in [3.63, 3.8) is 0 Å². The number of benzene rings is 2. The fraction of sp³-hybridized carbons (Fsp3) is 0.0714. The minimum Gasteiger partial charge on any atom is -0.664 e. The average molecular weight is 1230 g/mol. The summed E-state index contributed by atoms with van der Waals surface area (Å²) in [6.07, 6.45) is 18.2. The van der Waals surface area contributed by atoms with E-state index in [2.05, 4.69) is 45.5 Å². The quantitative estimate of drug-likeness (QED) is 0.0517. The Morgan fingerprint density at radius 3 is 1.76 bits per heavy atom. The normalized spacial score (nSPS) is 13.9. The maximum absolute atomic E-state index is 15.6. The Bertz CT molecular complexity index is 3700. The van der Waals surface area contributed by atoms with Crippen LogP contribution < -0.4 is 15.0 Å². The fourth-order valence-electron chi connectivity index (χ4n) is 8.69. The number of allylic oxidation sites excluding steroid dienone is 4. The first-order valence-electron chi connectivity index (χ1n) is 24.2. The summed E-state index contributed by atoms with van der Waals surface area (Å²) >= 11 is 0. The van der Waals surface area contributed by atoms with E-state index in [0.717, 1.165) is 47.3 Å². The molecular formula is C56H39BClF10N12ORu. The van der Waals surface area contributed by atoms with E-state index in [4.69, 9.17) is 4.74 Å². The summed E-state index contributed by atoms with van der Waals surface area (Å²) in [4.78, 5) is 24.7. The maximum Gasteiger partial charge on any atom is 1.00 e. The van der Waals surface area contributed by atoms with Crippen molar-refractivity contribution in [3.05, 3.63) is 251 Å². The molecule has 9 aromatic rings. The van der Waals surface area contributed by atoms with Crippen molar-refractivity contribution in [3.8, 4) is 28.5 Å². The van der Waals surface area contributed by atoms with Gasteiger partial charge in [0.25, 0.3) is 0 Å². The van der Waals surface area contributed by atoms with Gasteiger partial charge in [0.2, 0.25) is 11.6 Å². The fourth-order valence-corrected chi connectivity index (χ4v) is 8.69. The average Bonchev–Trinajstić information content (AvgIpc) is 4.55. The number of hydrogen-bond donors (Lipinski definition) is 1. The van der Waals surface area contributed by atoms with Gasteiger partial charge in [-0.05, 0) is 91.0 Å². The Kier molecular flexibility index (Phi) is 18.7. The van der Waals surface area contributed by atoms with Gasteiger partial charge >= 0.3 is 26.4 Å². The molecule has 0 amide bonds. The molecule has 13 nitrogen and oxygen atoms in total. The minimum atomic E-state index is -4.46. The van der Waals surface area contributed by atoms with E-state index in [1.54, 1.807) is 24.8 Å². The van der Waals surface area contributed by atoms with Crippen LogP contribution in [0.25, 0.3) is 33.9 Å². The third-order valence-corrected chi connectivity index (χ3v) is 12.3. The van der Waals surface area contributed by atoms with E-state index < -0.39 is 88.3 Å². The van der Waals surface area contributed by atoms with Crippen LogP contribution in [0.1, 0.15) is 34.6 Å². The molecule has 2 aromatic carbocycles. The molecular weight excluding hydrogens is 1190 g/mol. The largest absolute Gasteiger partial charge is 1.00 e. The number of fused-ring (bicyclic) bond motifs is 2. The Hall–Kier alpha value is -9.08. The monoisotopic (exact) mass is 1230 g/mol. The van der Waals surface area contributed by atoms with Crippen molar-refractivity contribution in [2.24, 2.45) is 4.99 Å². The molecule has 0 saturated carbocycles. The van der Waals surface area contributed by atoms with Crippen LogP contribution in [-0.4, -0.2) is 69.8 Å². The van der Waals surface area contributed by atoms with Gasteiger partial charge in [0.05, 0.1) is 51.4 Å². The van der Waals surface area contributed by atoms with E-state index in [9.17, 15) is 0 Å². The Labute approximate surface area is 479 Å². The minimum absolute atomic E-state index is 0. The number of rotatable bonds is 13. The van der Waals surface area contributed by atoms with E-state index >= 15 is 43.8 Å². The molecule has 1 N–H and O–H groups in total. The molecule has 7 aromatic heterocycles.